The van der Waals surface area contributed by atoms with E-state index in [4.69, 9.17) is 14.6 Å². The molecule has 0 spiro atoms. The van der Waals surface area contributed by atoms with E-state index in [9.17, 15) is 14.0 Å². The van der Waals surface area contributed by atoms with E-state index in [1.165, 1.54) is 25.1 Å². The molecule has 5 rings (SSSR count). The summed E-state index contributed by atoms with van der Waals surface area (Å²) in [4.78, 5) is 24.8. The van der Waals surface area contributed by atoms with Crippen molar-refractivity contribution in [1.29, 1.82) is 0 Å². The van der Waals surface area contributed by atoms with Crippen molar-refractivity contribution in [2.45, 2.75) is 6.92 Å². The number of nitrogens with zero attached hydrogens (tertiary/aromatic N) is 2. The van der Waals surface area contributed by atoms with Crippen LogP contribution in [0.25, 0.3) is 28.1 Å². The van der Waals surface area contributed by atoms with Gasteiger partial charge in [-0.2, -0.15) is 9.78 Å². The molecule has 0 saturated heterocycles. The number of carbonyl (C=O) groups excluding carboxylic acids is 2. The van der Waals surface area contributed by atoms with Crippen molar-refractivity contribution in [2.24, 2.45) is 0 Å². The molecule has 0 saturated carbocycles. The van der Waals surface area contributed by atoms with E-state index in [0.717, 1.165) is 5.56 Å². The molecule has 0 bridgehead atoms. The summed E-state index contributed by atoms with van der Waals surface area (Å²) >= 11 is 0. The van der Waals surface area contributed by atoms with E-state index < -0.39 is 17.7 Å². The van der Waals surface area contributed by atoms with Crippen LogP contribution in [0.4, 0.5) is 10.1 Å². The van der Waals surface area contributed by atoms with Gasteiger partial charge < -0.3 is 14.8 Å². The number of esters is 1. The highest BCUT2D eigenvalue weighted by molar-refractivity contribution is 6.04. The summed E-state index contributed by atoms with van der Waals surface area (Å²) in [5.74, 6) is -0.772. The topological polar surface area (TPSA) is 82.4 Å². The molecule has 194 valence electrons. The van der Waals surface area contributed by atoms with Gasteiger partial charge in [0.05, 0.1) is 23.9 Å². The quantitative estimate of drug-likeness (QED) is 0.246. The average molecular weight is 522 g/mol. The zero-order chi connectivity index (χ0) is 27.4. The van der Waals surface area contributed by atoms with Gasteiger partial charge >= 0.3 is 5.97 Å². The predicted octanol–water partition coefficient (Wildman–Crippen LogP) is 6.53. The third kappa shape index (κ3) is 5.40. The minimum atomic E-state index is -0.603. The van der Waals surface area contributed by atoms with Crippen LogP contribution in [0, 0.1) is 5.82 Å². The molecule has 8 heteroatoms. The Morgan fingerprint density at radius 3 is 2.26 bits per heavy atom. The largest absolute Gasteiger partial charge is 0.497 e. The molecular formula is C31H24FN3O4. The van der Waals surface area contributed by atoms with Gasteiger partial charge in [0, 0.05) is 18.2 Å². The van der Waals surface area contributed by atoms with E-state index in [1.807, 2.05) is 54.6 Å². The molecule has 0 aliphatic heterocycles. The number of hydrogen-bond acceptors (Lipinski definition) is 5. The summed E-state index contributed by atoms with van der Waals surface area (Å²) < 4.78 is 26.8. The lowest BCUT2D eigenvalue weighted by atomic mass is 10.0. The number of carbonyl (C=O) groups is 2. The van der Waals surface area contributed by atoms with Crippen LogP contribution in [0.3, 0.4) is 0 Å². The number of amides is 1. The van der Waals surface area contributed by atoms with E-state index in [-0.39, 0.29) is 11.4 Å². The van der Waals surface area contributed by atoms with Crippen LogP contribution in [0.15, 0.2) is 103 Å². The van der Waals surface area contributed by atoms with Gasteiger partial charge in [-0.05, 0) is 54.1 Å². The summed E-state index contributed by atoms with van der Waals surface area (Å²) in [7, 11) is 1.58. The fraction of sp³-hybridized carbons (Fsp3) is 0.0645. The molecular weight excluding hydrogens is 497 g/mol. The fourth-order valence-electron chi connectivity index (χ4n) is 4.17. The van der Waals surface area contributed by atoms with Crippen molar-refractivity contribution in [3.63, 3.8) is 0 Å². The number of methoxy groups -OCH3 is 1. The van der Waals surface area contributed by atoms with E-state index in [2.05, 4.69) is 5.32 Å². The molecule has 5 aromatic rings. The molecule has 7 nitrogen and oxygen atoms in total. The first-order valence-corrected chi connectivity index (χ1v) is 12.1. The molecule has 1 amide bonds. The van der Waals surface area contributed by atoms with Crippen molar-refractivity contribution >= 4 is 17.6 Å². The van der Waals surface area contributed by atoms with Crippen molar-refractivity contribution in [3.05, 3.63) is 115 Å². The Labute approximate surface area is 224 Å². The number of hydrogen-bond donors (Lipinski definition) is 1. The van der Waals surface area contributed by atoms with Crippen molar-refractivity contribution < 1.29 is 23.5 Å². The third-order valence-corrected chi connectivity index (χ3v) is 5.98. The van der Waals surface area contributed by atoms with Gasteiger partial charge in [-0.1, -0.05) is 54.6 Å². The van der Waals surface area contributed by atoms with Crippen LogP contribution in [-0.2, 0) is 4.79 Å². The second-order valence-corrected chi connectivity index (χ2v) is 8.61. The second-order valence-electron chi connectivity index (χ2n) is 8.61. The number of para-hydroxylation sites is 1. The molecule has 4 aromatic carbocycles. The first-order chi connectivity index (χ1) is 18.9. The molecule has 1 N–H and O–H groups in total. The Morgan fingerprint density at radius 1 is 0.846 bits per heavy atom. The molecule has 0 fully saturated rings. The van der Waals surface area contributed by atoms with E-state index in [1.54, 1.807) is 42.1 Å². The molecule has 0 radical (unpaired) electrons. The number of ether oxygens (including phenoxy) is 2. The first-order valence-electron chi connectivity index (χ1n) is 12.1. The van der Waals surface area contributed by atoms with Crippen LogP contribution < -0.4 is 14.8 Å². The van der Waals surface area contributed by atoms with Gasteiger partial charge in [0.2, 0.25) is 5.88 Å². The lowest BCUT2D eigenvalue weighted by Crippen LogP contribution is -2.13. The number of aromatic nitrogens is 2. The summed E-state index contributed by atoms with van der Waals surface area (Å²) in [6.07, 6.45) is 0. The lowest BCUT2D eigenvalue weighted by molar-refractivity contribution is -0.132. The van der Waals surface area contributed by atoms with Gasteiger partial charge in [-0.3, -0.25) is 9.59 Å². The standard InChI is InChI=1S/C31H24FN3O4/c1-20(36)39-31-28(21-15-17-23(18-16-21)33-30(37)26-13-6-7-14-27(26)32)29(22-9-8-12-25(19-22)38-2)34-35(31)24-10-4-3-5-11-24/h3-19H,1-2H3,(H,33,37). The van der Waals surface area contributed by atoms with Gasteiger partial charge in [-0.25, -0.2) is 4.39 Å². The Balaban J connectivity index is 1.62. The number of halogens is 1. The molecule has 0 atom stereocenters. The molecule has 1 aromatic heterocycles. The monoisotopic (exact) mass is 521 g/mol. The Morgan fingerprint density at radius 2 is 1.56 bits per heavy atom. The number of benzene rings is 4. The maximum Gasteiger partial charge on any atom is 0.309 e. The Hall–Kier alpha value is -5.24. The lowest BCUT2D eigenvalue weighted by Gasteiger charge is -2.11. The minimum Gasteiger partial charge on any atom is -0.497 e. The smallest absolute Gasteiger partial charge is 0.309 e. The van der Waals surface area contributed by atoms with Crippen LogP contribution in [-0.4, -0.2) is 28.8 Å². The van der Waals surface area contributed by atoms with Crippen molar-refractivity contribution in [3.8, 4) is 39.7 Å². The fourth-order valence-corrected chi connectivity index (χ4v) is 4.17. The Bertz CT molecular complexity index is 1650. The normalized spacial score (nSPS) is 10.6. The van der Waals surface area contributed by atoms with Gasteiger partial charge in [0.25, 0.3) is 5.91 Å². The van der Waals surface area contributed by atoms with Gasteiger partial charge in [0.1, 0.15) is 17.3 Å². The number of rotatable bonds is 7. The minimum absolute atomic E-state index is 0.0526. The van der Waals surface area contributed by atoms with Crippen LogP contribution in [0.2, 0.25) is 0 Å². The van der Waals surface area contributed by atoms with Gasteiger partial charge in [-0.15, -0.1) is 0 Å². The number of nitrogens with one attached hydrogen (secondary N) is 1. The first kappa shape index (κ1) is 25.4. The highest BCUT2D eigenvalue weighted by Gasteiger charge is 2.25. The van der Waals surface area contributed by atoms with Crippen LogP contribution in [0.1, 0.15) is 17.3 Å². The predicted molar refractivity (Wildman–Crippen MR) is 147 cm³/mol. The van der Waals surface area contributed by atoms with E-state index >= 15 is 0 Å². The molecule has 1 heterocycles. The van der Waals surface area contributed by atoms with E-state index in [0.29, 0.717) is 33.9 Å². The molecule has 0 aliphatic carbocycles. The maximum atomic E-state index is 14.1. The second kappa shape index (κ2) is 11.0. The molecule has 39 heavy (non-hydrogen) atoms. The van der Waals surface area contributed by atoms with Crippen LogP contribution >= 0.6 is 0 Å². The maximum absolute atomic E-state index is 14.1. The zero-order valence-electron chi connectivity index (χ0n) is 21.2. The third-order valence-electron chi connectivity index (χ3n) is 5.98. The van der Waals surface area contributed by atoms with Crippen LogP contribution in [0.5, 0.6) is 11.6 Å². The highest BCUT2D eigenvalue weighted by Crippen LogP contribution is 2.41. The number of anilines is 1. The molecule has 0 unspecified atom stereocenters. The SMILES string of the molecule is COc1cccc(-c2nn(-c3ccccc3)c(OC(C)=O)c2-c2ccc(NC(=O)c3ccccc3F)cc2)c1. The molecule has 0 aliphatic rings. The summed E-state index contributed by atoms with van der Waals surface area (Å²) in [6.45, 7) is 1.33. The van der Waals surface area contributed by atoms with Gasteiger partial charge in [0.15, 0.2) is 0 Å². The summed E-state index contributed by atoms with van der Waals surface area (Å²) in [5, 5.41) is 7.56. The average Bonchev–Trinajstić information content (AvgIpc) is 3.32. The highest BCUT2D eigenvalue weighted by atomic mass is 19.1. The Kier molecular flexibility index (Phi) is 7.18. The summed E-state index contributed by atoms with van der Waals surface area (Å²) in [6, 6.07) is 29.5. The zero-order valence-corrected chi connectivity index (χ0v) is 21.2. The van der Waals surface area contributed by atoms with Crippen molar-refractivity contribution in [1.82, 2.24) is 9.78 Å². The van der Waals surface area contributed by atoms with Crippen molar-refractivity contribution in [2.75, 3.05) is 12.4 Å². The summed E-state index contributed by atoms with van der Waals surface area (Å²) in [5.41, 5.74) is 3.71.